The molecule has 1 amide bonds. The fraction of sp³-hybridized carbons (Fsp3) is 0.591. The normalized spacial score (nSPS) is 17.0. The zero-order chi connectivity index (χ0) is 24.6. The van der Waals surface area contributed by atoms with Gasteiger partial charge in [0.15, 0.2) is 5.75 Å². The minimum Gasteiger partial charge on any atom is -0.444 e. The Morgan fingerprint density at radius 1 is 1.27 bits per heavy atom. The number of H-pyrrole nitrogens is 1. The first-order chi connectivity index (χ1) is 15.3. The summed E-state index contributed by atoms with van der Waals surface area (Å²) in [6.07, 6.45) is 3.58. The number of hydrogen-bond acceptors (Lipinski definition) is 8. The van der Waals surface area contributed by atoms with E-state index in [4.69, 9.17) is 9.47 Å². The first-order valence-electron chi connectivity index (χ1n) is 10.9. The highest BCUT2D eigenvalue weighted by molar-refractivity contribution is 6.01. The van der Waals surface area contributed by atoms with Gasteiger partial charge in [0.1, 0.15) is 22.3 Å². The van der Waals surface area contributed by atoms with Crippen LogP contribution in [-0.2, 0) is 9.53 Å². The Hall–Kier alpha value is -3.37. The van der Waals surface area contributed by atoms with Gasteiger partial charge in [-0.2, -0.15) is 0 Å². The summed E-state index contributed by atoms with van der Waals surface area (Å²) in [4.78, 5) is 45.0. The molecule has 0 bridgehead atoms. The predicted molar refractivity (Wildman–Crippen MR) is 122 cm³/mol. The van der Waals surface area contributed by atoms with Crippen molar-refractivity contribution in [1.29, 1.82) is 0 Å². The molecule has 1 atom stereocenters. The van der Waals surface area contributed by atoms with Gasteiger partial charge in [-0.05, 0) is 54.4 Å². The Morgan fingerprint density at radius 2 is 1.97 bits per heavy atom. The standard InChI is InChI=1S/C22H31N5O6/c1-21(2,3)19(28)32-15-11-24-18-16(14(10-23-18)27(30)31)17(15)26-9-7-8-13(12-26)25-20(29)33-22(4,5)6/h10-11,13H,7-9,12H2,1-6H3,(H,23,24)(H,25,29)/t13-/m1/s1. The molecule has 0 aliphatic carbocycles. The van der Waals surface area contributed by atoms with Gasteiger partial charge in [0.05, 0.1) is 22.7 Å². The van der Waals surface area contributed by atoms with Gasteiger partial charge >= 0.3 is 12.1 Å². The second-order valence-corrected chi connectivity index (χ2v) is 10.2. The summed E-state index contributed by atoms with van der Waals surface area (Å²) in [5, 5.41) is 14.8. The van der Waals surface area contributed by atoms with Crippen LogP contribution in [0.3, 0.4) is 0 Å². The van der Waals surface area contributed by atoms with Gasteiger partial charge in [-0.25, -0.2) is 9.78 Å². The molecular formula is C22H31N5O6. The quantitative estimate of drug-likeness (QED) is 0.397. The number of esters is 1. The van der Waals surface area contributed by atoms with Crippen LogP contribution in [0.25, 0.3) is 11.0 Å². The van der Waals surface area contributed by atoms with Crippen LogP contribution in [-0.4, -0.2) is 51.7 Å². The first kappa shape index (κ1) is 24.3. The molecule has 180 valence electrons. The summed E-state index contributed by atoms with van der Waals surface area (Å²) in [6.45, 7) is 11.5. The average Bonchev–Trinajstić information content (AvgIpc) is 3.10. The van der Waals surface area contributed by atoms with Crippen LogP contribution in [0.1, 0.15) is 54.4 Å². The number of nitrogens with zero attached hydrogens (tertiary/aromatic N) is 3. The van der Waals surface area contributed by atoms with Gasteiger partial charge in [-0.15, -0.1) is 0 Å². The van der Waals surface area contributed by atoms with E-state index in [1.807, 2.05) is 4.90 Å². The van der Waals surface area contributed by atoms with Crippen molar-refractivity contribution in [1.82, 2.24) is 15.3 Å². The highest BCUT2D eigenvalue weighted by Crippen LogP contribution is 2.41. The molecule has 33 heavy (non-hydrogen) atoms. The Balaban J connectivity index is 1.99. The van der Waals surface area contributed by atoms with Gasteiger partial charge in [-0.3, -0.25) is 14.9 Å². The van der Waals surface area contributed by atoms with Crippen LogP contribution < -0.4 is 15.0 Å². The van der Waals surface area contributed by atoms with Crippen molar-refractivity contribution >= 4 is 34.5 Å². The van der Waals surface area contributed by atoms with Crippen LogP contribution in [0, 0.1) is 15.5 Å². The topological polar surface area (TPSA) is 140 Å². The Kier molecular flexibility index (Phi) is 6.53. The summed E-state index contributed by atoms with van der Waals surface area (Å²) in [5.41, 5.74) is -0.853. The van der Waals surface area contributed by atoms with Crippen molar-refractivity contribution in [2.75, 3.05) is 18.0 Å². The second kappa shape index (κ2) is 8.87. The molecule has 1 fully saturated rings. The molecule has 1 aliphatic rings. The van der Waals surface area contributed by atoms with Crippen molar-refractivity contribution in [3.05, 3.63) is 22.5 Å². The summed E-state index contributed by atoms with van der Waals surface area (Å²) in [5.74, 6) is -0.341. The molecule has 3 rings (SSSR count). The van der Waals surface area contributed by atoms with E-state index >= 15 is 0 Å². The summed E-state index contributed by atoms with van der Waals surface area (Å²) in [6, 6.07) is -0.249. The zero-order valence-corrected chi connectivity index (χ0v) is 19.9. The molecule has 0 radical (unpaired) electrons. The summed E-state index contributed by atoms with van der Waals surface area (Å²) in [7, 11) is 0. The van der Waals surface area contributed by atoms with E-state index in [0.717, 1.165) is 12.8 Å². The Labute approximate surface area is 192 Å². The third-order valence-electron chi connectivity index (χ3n) is 5.09. The van der Waals surface area contributed by atoms with Gasteiger partial charge in [-0.1, -0.05) is 0 Å². The third-order valence-corrected chi connectivity index (χ3v) is 5.09. The molecule has 11 heteroatoms. The molecule has 3 heterocycles. The molecule has 0 unspecified atom stereocenters. The lowest BCUT2D eigenvalue weighted by atomic mass is 9.97. The summed E-state index contributed by atoms with van der Waals surface area (Å²) >= 11 is 0. The van der Waals surface area contributed by atoms with Crippen molar-refractivity contribution in [3.63, 3.8) is 0 Å². The number of alkyl carbamates (subject to hydrolysis) is 1. The van der Waals surface area contributed by atoms with Gasteiger partial charge < -0.3 is 24.7 Å². The SMILES string of the molecule is CC(C)(C)OC(=O)N[C@@H]1CCCN(c2c(OC(=O)C(C)(C)C)cnc3[nH]cc([N+](=O)[O-])c23)C1. The van der Waals surface area contributed by atoms with Crippen LogP contribution in [0.5, 0.6) is 5.75 Å². The Morgan fingerprint density at radius 3 is 2.58 bits per heavy atom. The number of anilines is 1. The molecule has 1 aliphatic heterocycles. The monoisotopic (exact) mass is 461 g/mol. The first-order valence-corrected chi connectivity index (χ1v) is 10.9. The van der Waals surface area contributed by atoms with Crippen LogP contribution in [0.4, 0.5) is 16.2 Å². The van der Waals surface area contributed by atoms with E-state index in [1.54, 1.807) is 41.5 Å². The second-order valence-electron chi connectivity index (χ2n) is 10.2. The zero-order valence-electron chi connectivity index (χ0n) is 19.9. The maximum atomic E-state index is 12.6. The molecule has 2 aromatic heterocycles. The number of carbonyl (C=O) groups excluding carboxylic acids is 2. The van der Waals surface area contributed by atoms with E-state index in [2.05, 4.69) is 15.3 Å². The Bertz CT molecular complexity index is 1070. The van der Waals surface area contributed by atoms with Crippen LogP contribution in [0.2, 0.25) is 0 Å². The van der Waals surface area contributed by atoms with Crippen LogP contribution in [0.15, 0.2) is 12.4 Å². The van der Waals surface area contributed by atoms with Crippen molar-refractivity contribution < 1.29 is 24.0 Å². The number of nitro groups is 1. The van der Waals surface area contributed by atoms with E-state index in [9.17, 15) is 19.7 Å². The van der Waals surface area contributed by atoms with Crippen LogP contribution >= 0.6 is 0 Å². The molecular weight excluding hydrogens is 430 g/mol. The van der Waals surface area contributed by atoms with Gasteiger partial charge in [0.25, 0.3) is 5.69 Å². The van der Waals surface area contributed by atoms with Crippen molar-refractivity contribution in [2.45, 2.75) is 66.0 Å². The van der Waals surface area contributed by atoms with Crippen molar-refractivity contribution in [3.8, 4) is 5.75 Å². The fourth-order valence-corrected chi connectivity index (χ4v) is 3.60. The molecule has 11 nitrogen and oxygen atoms in total. The predicted octanol–water partition coefficient (Wildman–Crippen LogP) is 3.92. The fourth-order valence-electron chi connectivity index (χ4n) is 3.60. The number of fused-ring (bicyclic) bond motifs is 1. The highest BCUT2D eigenvalue weighted by Gasteiger charge is 2.32. The van der Waals surface area contributed by atoms with E-state index in [-0.39, 0.29) is 22.9 Å². The molecule has 2 aromatic rings. The smallest absolute Gasteiger partial charge is 0.407 e. The third kappa shape index (κ3) is 5.71. The van der Waals surface area contributed by atoms with Gasteiger partial charge in [0, 0.05) is 19.1 Å². The lowest BCUT2D eigenvalue weighted by Crippen LogP contribution is -2.49. The molecule has 2 N–H and O–H groups in total. The van der Waals surface area contributed by atoms with E-state index < -0.39 is 28.0 Å². The minimum absolute atomic E-state index is 0.142. The number of carbonyl (C=O) groups is 2. The molecule has 1 saturated heterocycles. The number of aromatic amines is 1. The molecule has 0 saturated carbocycles. The van der Waals surface area contributed by atoms with Crippen molar-refractivity contribution in [2.24, 2.45) is 5.41 Å². The maximum Gasteiger partial charge on any atom is 0.407 e. The molecule has 0 aromatic carbocycles. The highest BCUT2D eigenvalue weighted by atomic mass is 16.6. The number of piperidine rings is 1. The number of nitrogens with one attached hydrogen (secondary N) is 2. The van der Waals surface area contributed by atoms with Gasteiger partial charge in [0.2, 0.25) is 0 Å². The number of amides is 1. The number of rotatable bonds is 4. The number of hydrogen-bond donors (Lipinski definition) is 2. The maximum absolute atomic E-state index is 12.6. The number of aromatic nitrogens is 2. The lowest BCUT2D eigenvalue weighted by Gasteiger charge is -2.36. The summed E-state index contributed by atoms with van der Waals surface area (Å²) < 4.78 is 11.0. The minimum atomic E-state index is -0.779. The average molecular weight is 462 g/mol. The van der Waals surface area contributed by atoms with E-state index in [1.165, 1.54) is 12.4 Å². The number of pyridine rings is 1. The lowest BCUT2D eigenvalue weighted by molar-refractivity contribution is -0.383. The molecule has 0 spiro atoms. The van der Waals surface area contributed by atoms with E-state index in [0.29, 0.717) is 24.4 Å². The number of ether oxygens (including phenoxy) is 2. The largest absolute Gasteiger partial charge is 0.444 e.